The van der Waals surface area contributed by atoms with Crippen molar-refractivity contribution in [3.05, 3.63) is 24.3 Å². The van der Waals surface area contributed by atoms with E-state index in [1.54, 1.807) is 0 Å². The van der Waals surface area contributed by atoms with Gasteiger partial charge >= 0.3 is 0 Å². The van der Waals surface area contributed by atoms with Crippen molar-refractivity contribution in [3.8, 4) is 0 Å². The summed E-state index contributed by atoms with van der Waals surface area (Å²) >= 11 is 0. The Hall–Kier alpha value is -0.630. The smallest absolute Gasteiger partial charge is 0.207 e. The molecular weight excluding hydrogens is 322 g/mol. The minimum absolute atomic E-state index is 0.0368. The zero-order valence-electron chi connectivity index (χ0n) is 11.0. The van der Waals surface area contributed by atoms with Gasteiger partial charge in [0.15, 0.2) is 0 Å². The molecule has 0 spiro atoms. The molecule has 1 fully saturated rings. The third-order valence-electron chi connectivity index (χ3n) is 3.50. The Morgan fingerprint density at radius 2 is 1.45 bits per heavy atom. The summed E-state index contributed by atoms with van der Waals surface area (Å²) < 4.78 is 49.5. The summed E-state index contributed by atoms with van der Waals surface area (Å²) in [6, 6.07) is 4.87. The fraction of sp³-hybridized carbons (Fsp3) is 0.500. The van der Waals surface area contributed by atoms with Crippen LogP contribution in [0.15, 0.2) is 34.1 Å². The van der Waals surface area contributed by atoms with Crippen molar-refractivity contribution < 1.29 is 16.8 Å². The molecule has 0 atom stereocenters. The Morgan fingerprint density at radius 3 is 1.90 bits per heavy atom. The van der Waals surface area contributed by atoms with Crippen molar-refractivity contribution in [2.24, 2.45) is 0 Å². The first-order valence-electron chi connectivity index (χ1n) is 6.21. The zero-order valence-corrected chi connectivity index (χ0v) is 13.4. The Labute approximate surface area is 123 Å². The minimum Gasteiger partial charge on any atom is -0.207 e. The zero-order chi connectivity index (χ0) is 15.0. The standard InChI is InChI=1S/C12H16ClNO4S2/c1-12(8-2-3-9-12)14-20(17,18)11-6-4-10(5-7-11)19(13,15)16/h4-7,14H,2-3,8-9H2,1H3. The molecule has 2 rings (SSSR count). The van der Waals surface area contributed by atoms with Gasteiger partial charge in [-0.2, -0.15) is 0 Å². The highest BCUT2D eigenvalue weighted by molar-refractivity contribution is 8.13. The average Bonchev–Trinajstić information content (AvgIpc) is 2.74. The van der Waals surface area contributed by atoms with Crippen LogP contribution in [0.2, 0.25) is 0 Å². The maximum Gasteiger partial charge on any atom is 0.261 e. The molecule has 1 aliphatic carbocycles. The van der Waals surface area contributed by atoms with Gasteiger partial charge in [0.25, 0.3) is 9.05 Å². The number of rotatable bonds is 4. The topological polar surface area (TPSA) is 80.3 Å². The van der Waals surface area contributed by atoms with Gasteiger partial charge in [0.2, 0.25) is 10.0 Å². The maximum absolute atomic E-state index is 12.3. The fourth-order valence-electron chi connectivity index (χ4n) is 2.42. The quantitative estimate of drug-likeness (QED) is 0.854. The average molecular weight is 338 g/mol. The van der Waals surface area contributed by atoms with Gasteiger partial charge in [0.1, 0.15) is 0 Å². The predicted molar refractivity (Wildman–Crippen MR) is 76.7 cm³/mol. The van der Waals surface area contributed by atoms with Gasteiger partial charge in [-0.25, -0.2) is 21.6 Å². The summed E-state index contributed by atoms with van der Waals surface area (Å²) in [6.45, 7) is 1.88. The number of benzene rings is 1. The lowest BCUT2D eigenvalue weighted by Gasteiger charge is -2.24. The monoisotopic (exact) mass is 337 g/mol. The van der Waals surface area contributed by atoms with E-state index in [1.165, 1.54) is 24.3 Å². The molecule has 0 radical (unpaired) electrons. The number of nitrogens with one attached hydrogen (secondary N) is 1. The van der Waals surface area contributed by atoms with E-state index in [9.17, 15) is 16.8 Å². The molecule has 1 aromatic rings. The Balaban J connectivity index is 2.26. The second-order valence-electron chi connectivity index (χ2n) is 5.28. The van der Waals surface area contributed by atoms with Crippen molar-refractivity contribution in [2.75, 3.05) is 0 Å². The number of halogens is 1. The van der Waals surface area contributed by atoms with Gasteiger partial charge in [0.05, 0.1) is 9.79 Å². The van der Waals surface area contributed by atoms with Crippen LogP contribution in [0, 0.1) is 0 Å². The van der Waals surface area contributed by atoms with E-state index in [2.05, 4.69) is 4.72 Å². The molecule has 20 heavy (non-hydrogen) atoms. The van der Waals surface area contributed by atoms with Crippen LogP contribution < -0.4 is 4.72 Å². The van der Waals surface area contributed by atoms with Crippen LogP contribution in [-0.2, 0) is 19.1 Å². The van der Waals surface area contributed by atoms with Gasteiger partial charge in [0, 0.05) is 16.2 Å². The molecule has 8 heteroatoms. The second-order valence-corrected chi connectivity index (χ2v) is 9.53. The molecule has 0 bridgehead atoms. The van der Waals surface area contributed by atoms with E-state index < -0.39 is 24.6 Å². The minimum atomic E-state index is -3.84. The molecule has 0 heterocycles. The summed E-state index contributed by atoms with van der Waals surface area (Å²) in [7, 11) is -2.30. The molecule has 0 amide bonds. The van der Waals surface area contributed by atoms with E-state index in [0.29, 0.717) is 0 Å². The largest absolute Gasteiger partial charge is 0.261 e. The van der Waals surface area contributed by atoms with Crippen molar-refractivity contribution in [2.45, 2.75) is 47.9 Å². The van der Waals surface area contributed by atoms with Crippen LogP contribution in [0.4, 0.5) is 0 Å². The van der Waals surface area contributed by atoms with Crippen LogP contribution >= 0.6 is 10.7 Å². The van der Waals surface area contributed by atoms with Gasteiger partial charge in [-0.1, -0.05) is 12.8 Å². The lowest BCUT2D eigenvalue weighted by Crippen LogP contribution is -2.43. The van der Waals surface area contributed by atoms with E-state index >= 15 is 0 Å². The van der Waals surface area contributed by atoms with E-state index in [4.69, 9.17) is 10.7 Å². The normalized spacial score (nSPS) is 19.1. The molecule has 1 aromatic carbocycles. The maximum atomic E-state index is 12.3. The van der Waals surface area contributed by atoms with Gasteiger partial charge in [-0.3, -0.25) is 0 Å². The van der Waals surface area contributed by atoms with Crippen LogP contribution in [-0.4, -0.2) is 22.4 Å². The SMILES string of the molecule is CC1(NS(=O)(=O)c2ccc(S(=O)(=O)Cl)cc2)CCCC1. The van der Waals surface area contributed by atoms with Crippen LogP contribution in [0.3, 0.4) is 0 Å². The molecule has 0 aromatic heterocycles. The molecule has 0 unspecified atom stereocenters. The van der Waals surface area contributed by atoms with Crippen LogP contribution in [0.5, 0.6) is 0 Å². The van der Waals surface area contributed by atoms with Crippen molar-refractivity contribution >= 4 is 29.8 Å². The summed E-state index contributed by atoms with van der Waals surface area (Å²) in [5.74, 6) is 0. The van der Waals surface area contributed by atoms with Crippen LogP contribution in [0.25, 0.3) is 0 Å². The number of sulfonamides is 1. The Morgan fingerprint density at radius 1 is 1.00 bits per heavy atom. The highest BCUT2D eigenvalue weighted by atomic mass is 35.7. The molecule has 112 valence electrons. The van der Waals surface area contributed by atoms with E-state index in [0.717, 1.165) is 25.7 Å². The Bertz CT molecular complexity index is 689. The van der Waals surface area contributed by atoms with Gasteiger partial charge < -0.3 is 0 Å². The molecule has 0 saturated heterocycles. The van der Waals surface area contributed by atoms with Crippen molar-refractivity contribution in [1.29, 1.82) is 0 Å². The van der Waals surface area contributed by atoms with Gasteiger partial charge in [-0.15, -0.1) is 0 Å². The number of hydrogen-bond donors (Lipinski definition) is 1. The molecular formula is C12H16ClNO4S2. The molecule has 0 aliphatic heterocycles. The van der Waals surface area contributed by atoms with E-state index in [1.807, 2.05) is 6.92 Å². The first-order chi connectivity index (χ1) is 9.12. The number of hydrogen-bond acceptors (Lipinski definition) is 4. The predicted octanol–water partition coefficient (Wildman–Crippen LogP) is 2.23. The Kier molecular flexibility index (Phi) is 4.17. The first kappa shape index (κ1) is 15.8. The third-order valence-corrected chi connectivity index (χ3v) is 6.53. The van der Waals surface area contributed by atoms with E-state index in [-0.39, 0.29) is 9.79 Å². The summed E-state index contributed by atoms with van der Waals surface area (Å²) in [4.78, 5) is -0.0834. The lowest BCUT2D eigenvalue weighted by molar-refractivity contribution is 0.427. The molecule has 1 aliphatic rings. The summed E-state index contributed by atoms with van der Waals surface area (Å²) in [5, 5.41) is 0. The van der Waals surface area contributed by atoms with Crippen LogP contribution in [0.1, 0.15) is 32.6 Å². The van der Waals surface area contributed by atoms with Gasteiger partial charge in [-0.05, 0) is 44.0 Å². The van der Waals surface area contributed by atoms with Crippen molar-refractivity contribution in [3.63, 3.8) is 0 Å². The third kappa shape index (κ3) is 3.52. The molecule has 1 N–H and O–H groups in total. The summed E-state index contributed by atoms with van der Waals surface area (Å²) in [5.41, 5.74) is -0.421. The second kappa shape index (κ2) is 5.29. The highest BCUT2D eigenvalue weighted by Crippen LogP contribution is 2.30. The summed E-state index contributed by atoms with van der Waals surface area (Å²) in [6.07, 6.45) is 3.62. The molecule has 5 nitrogen and oxygen atoms in total. The fourth-order valence-corrected chi connectivity index (χ4v) is 4.66. The molecule has 1 saturated carbocycles. The van der Waals surface area contributed by atoms with Crippen molar-refractivity contribution in [1.82, 2.24) is 4.72 Å². The highest BCUT2D eigenvalue weighted by Gasteiger charge is 2.33. The first-order valence-corrected chi connectivity index (χ1v) is 10.0. The lowest BCUT2D eigenvalue weighted by atomic mass is 10.0.